The van der Waals surface area contributed by atoms with Gasteiger partial charge in [-0.2, -0.15) is 0 Å². The monoisotopic (exact) mass is 788 g/mol. The van der Waals surface area contributed by atoms with E-state index in [1.807, 2.05) is 6.92 Å². The largest absolute Gasteiger partial charge is 0.493 e. The van der Waals surface area contributed by atoms with Gasteiger partial charge in [-0.1, -0.05) is 35.3 Å². The number of hydrogen-bond donors (Lipinski definition) is 4. The molecule has 6 N–H and O–H groups in total. The van der Waals surface area contributed by atoms with Crippen LogP contribution in [0.2, 0.25) is 10.0 Å². The maximum absolute atomic E-state index is 13.1. The normalized spacial score (nSPS) is 17.5. The molecule has 3 heterocycles. The summed E-state index contributed by atoms with van der Waals surface area (Å²) in [6.45, 7) is 9.68. The second-order valence-corrected chi connectivity index (χ2v) is 14.3. The van der Waals surface area contributed by atoms with Crippen LogP contribution in [0.4, 0.5) is 15.8 Å². The van der Waals surface area contributed by atoms with Crippen molar-refractivity contribution < 1.29 is 32.9 Å². The van der Waals surface area contributed by atoms with Crippen molar-refractivity contribution in [3.63, 3.8) is 0 Å². The summed E-state index contributed by atoms with van der Waals surface area (Å²) in [5.74, 6) is 0.323. The third-order valence-corrected chi connectivity index (χ3v) is 10.3. The first-order valence-electron chi connectivity index (χ1n) is 18.4. The molecule has 3 aliphatic heterocycles. The molecule has 0 saturated carbocycles. The van der Waals surface area contributed by atoms with Gasteiger partial charge in [-0.3, -0.25) is 14.5 Å². The van der Waals surface area contributed by atoms with Crippen LogP contribution in [0, 0.1) is 5.82 Å². The highest BCUT2D eigenvalue weighted by atomic mass is 35.5. The Labute approximate surface area is 326 Å². The number of ether oxygens (including phenoxy) is 4. The number of nitrogens with two attached hydrogens (primary N) is 2. The number of morpholine rings is 1. The van der Waals surface area contributed by atoms with Crippen LogP contribution >= 0.6 is 23.2 Å². The van der Waals surface area contributed by atoms with Gasteiger partial charge in [0.2, 0.25) is 0 Å². The van der Waals surface area contributed by atoms with Crippen LogP contribution in [0.5, 0.6) is 11.5 Å². The van der Waals surface area contributed by atoms with Gasteiger partial charge in [0.1, 0.15) is 17.3 Å². The zero-order chi connectivity index (χ0) is 38.6. The molecule has 3 aliphatic rings. The molecule has 3 aromatic carbocycles. The summed E-state index contributed by atoms with van der Waals surface area (Å²) in [6, 6.07) is 11.4. The highest BCUT2D eigenvalue weighted by Gasteiger charge is 2.28. The maximum atomic E-state index is 13.1. The van der Waals surface area contributed by atoms with Gasteiger partial charge in [0.05, 0.1) is 58.5 Å². The minimum atomic E-state index is -0.297. The highest BCUT2D eigenvalue weighted by Crippen LogP contribution is 2.39. The smallest absolute Gasteiger partial charge is 0.255 e. The molecule has 0 spiro atoms. The van der Waals surface area contributed by atoms with Gasteiger partial charge in [0.15, 0.2) is 0 Å². The standard InChI is InChI=1S/C21H25ClFN3O3.C18H26ClN3O3/c1-2-28-20-10-19(24)18(22)9-17(20)21(27)25-11-16-13-26(7-8-29-16)12-14-3-5-15(23)6-4-14;1-24-9-2-6-22-7-3-12(4-8-22)21-18(23)14-11-15(19)16(20)13-5-10-25-17(13)14/h3-6,9-10,16H,2,7-8,11-13,24H2,1H3,(H,25,27);11-12H,2-10,20H2,1H3,(H,21,23). The van der Waals surface area contributed by atoms with Crippen molar-refractivity contribution in [3.05, 3.63) is 80.6 Å². The summed E-state index contributed by atoms with van der Waals surface area (Å²) in [5.41, 5.74) is 15.4. The summed E-state index contributed by atoms with van der Waals surface area (Å²) < 4.78 is 35.1. The Kier molecular flexibility index (Phi) is 15.4. The van der Waals surface area contributed by atoms with Crippen molar-refractivity contribution >= 4 is 46.4 Å². The van der Waals surface area contributed by atoms with Crippen molar-refractivity contribution in [2.45, 2.75) is 51.3 Å². The molecule has 3 aromatic rings. The average Bonchev–Trinajstić information content (AvgIpc) is 3.66. The summed E-state index contributed by atoms with van der Waals surface area (Å²) in [6.07, 6.45) is 3.49. The fraction of sp³-hybridized carbons (Fsp3) is 0.487. The molecule has 54 heavy (non-hydrogen) atoms. The van der Waals surface area contributed by atoms with E-state index in [1.54, 1.807) is 31.4 Å². The number of methoxy groups -OCH3 is 1. The third kappa shape index (κ3) is 11.3. The molecular weight excluding hydrogens is 738 g/mol. The number of piperidine rings is 1. The predicted octanol–water partition coefficient (Wildman–Crippen LogP) is 5.18. The van der Waals surface area contributed by atoms with Gasteiger partial charge < -0.3 is 45.9 Å². The highest BCUT2D eigenvalue weighted by molar-refractivity contribution is 6.34. The molecule has 6 rings (SSSR count). The van der Waals surface area contributed by atoms with Crippen molar-refractivity contribution in [1.82, 2.24) is 20.4 Å². The Hall–Kier alpha value is -3.85. The van der Waals surface area contributed by atoms with E-state index in [0.29, 0.717) is 89.9 Å². The maximum Gasteiger partial charge on any atom is 0.255 e. The molecule has 0 aliphatic carbocycles. The number of carbonyl (C=O) groups excluding carboxylic acids is 2. The van der Waals surface area contributed by atoms with Crippen LogP contribution in [0.15, 0.2) is 42.5 Å². The quantitative estimate of drug-likeness (QED) is 0.135. The Bertz CT molecular complexity index is 1730. The minimum absolute atomic E-state index is 0.127. The van der Waals surface area contributed by atoms with E-state index in [2.05, 4.69) is 20.4 Å². The number of fused-ring (bicyclic) bond motifs is 1. The van der Waals surface area contributed by atoms with Gasteiger partial charge in [0.25, 0.3) is 11.8 Å². The van der Waals surface area contributed by atoms with Gasteiger partial charge in [-0.15, -0.1) is 0 Å². The second kappa shape index (κ2) is 20.2. The predicted molar refractivity (Wildman–Crippen MR) is 209 cm³/mol. The van der Waals surface area contributed by atoms with E-state index < -0.39 is 0 Å². The molecule has 0 radical (unpaired) electrons. The summed E-state index contributed by atoms with van der Waals surface area (Å²) in [4.78, 5) is 30.0. The third-order valence-electron chi connectivity index (χ3n) is 9.64. The topological polar surface area (TPSA) is 154 Å². The SMILES string of the molecule is CCOc1cc(N)c(Cl)cc1C(=O)NCC1CN(Cc2ccc(F)cc2)CCO1.COCCCN1CCC(NC(=O)c2cc(Cl)c(N)c3c2OCC3)CC1. The number of hydrogen-bond acceptors (Lipinski definition) is 10. The first kappa shape index (κ1) is 41.3. The molecule has 12 nitrogen and oxygen atoms in total. The van der Waals surface area contributed by atoms with Gasteiger partial charge in [-0.05, 0) is 56.0 Å². The number of anilines is 2. The lowest BCUT2D eigenvalue weighted by atomic mass is 10.0. The molecule has 2 saturated heterocycles. The van der Waals surface area contributed by atoms with E-state index in [9.17, 15) is 14.0 Å². The van der Waals surface area contributed by atoms with Gasteiger partial charge in [-0.25, -0.2) is 4.39 Å². The molecule has 2 fully saturated rings. The Morgan fingerprint density at radius 1 is 0.981 bits per heavy atom. The number of amides is 2. The average molecular weight is 790 g/mol. The number of nitrogens with one attached hydrogen (secondary N) is 2. The van der Waals surface area contributed by atoms with Crippen LogP contribution in [-0.4, -0.2) is 107 Å². The lowest BCUT2D eigenvalue weighted by Crippen LogP contribution is -2.47. The van der Waals surface area contributed by atoms with Gasteiger partial charge >= 0.3 is 0 Å². The van der Waals surface area contributed by atoms with E-state index in [0.717, 1.165) is 63.2 Å². The Balaban J connectivity index is 0.000000210. The Morgan fingerprint density at radius 2 is 1.72 bits per heavy atom. The number of nitrogen functional groups attached to an aromatic ring is 2. The fourth-order valence-electron chi connectivity index (χ4n) is 6.75. The minimum Gasteiger partial charge on any atom is -0.493 e. The van der Waals surface area contributed by atoms with Gasteiger partial charge in [0, 0.05) is 83.6 Å². The van der Waals surface area contributed by atoms with Crippen LogP contribution in [0.3, 0.4) is 0 Å². The number of rotatable bonds is 13. The molecular formula is C39H51Cl2FN6O6. The fourth-order valence-corrected chi connectivity index (χ4v) is 7.14. The number of likely N-dealkylation sites (tertiary alicyclic amines) is 1. The molecule has 1 unspecified atom stereocenters. The van der Waals surface area contributed by atoms with Crippen molar-refractivity contribution in [1.29, 1.82) is 0 Å². The summed E-state index contributed by atoms with van der Waals surface area (Å²) in [5, 5.41) is 6.74. The van der Waals surface area contributed by atoms with Crippen molar-refractivity contribution in [2.75, 3.05) is 84.3 Å². The number of nitrogens with zero attached hydrogens (tertiary/aromatic N) is 2. The molecule has 0 bridgehead atoms. The molecule has 1 atom stereocenters. The van der Waals surface area contributed by atoms with E-state index in [4.69, 9.17) is 53.6 Å². The van der Waals surface area contributed by atoms with Crippen molar-refractivity contribution in [3.8, 4) is 11.5 Å². The first-order chi connectivity index (χ1) is 26.1. The molecule has 294 valence electrons. The van der Waals surface area contributed by atoms with Crippen LogP contribution in [-0.2, 0) is 22.4 Å². The number of carbonyl (C=O) groups is 2. The lowest BCUT2D eigenvalue weighted by Gasteiger charge is -2.33. The zero-order valence-electron chi connectivity index (χ0n) is 30.9. The van der Waals surface area contributed by atoms with Crippen LogP contribution < -0.4 is 31.6 Å². The zero-order valence-corrected chi connectivity index (χ0v) is 32.4. The molecule has 2 amide bonds. The first-order valence-corrected chi connectivity index (χ1v) is 19.2. The van der Waals surface area contributed by atoms with Crippen LogP contribution in [0.1, 0.15) is 58.0 Å². The summed E-state index contributed by atoms with van der Waals surface area (Å²) >= 11 is 12.3. The summed E-state index contributed by atoms with van der Waals surface area (Å²) in [7, 11) is 1.73. The van der Waals surface area contributed by atoms with Crippen molar-refractivity contribution in [2.24, 2.45) is 0 Å². The Morgan fingerprint density at radius 3 is 2.44 bits per heavy atom. The second-order valence-electron chi connectivity index (χ2n) is 13.5. The van der Waals surface area contributed by atoms with Crippen LogP contribution in [0.25, 0.3) is 0 Å². The number of benzene rings is 3. The van der Waals surface area contributed by atoms with E-state index in [1.165, 1.54) is 18.2 Å². The van der Waals surface area contributed by atoms with E-state index in [-0.39, 0.29) is 29.8 Å². The lowest BCUT2D eigenvalue weighted by molar-refractivity contribution is -0.0292. The number of halogens is 3. The molecule has 0 aromatic heterocycles. The van der Waals surface area contributed by atoms with E-state index >= 15 is 0 Å². The molecule has 15 heteroatoms.